The van der Waals surface area contributed by atoms with Crippen molar-refractivity contribution in [2.45, 2.75) is 46.1 Å². The largest absolute Gasteiger partial charge is 0.497 e. The minimum atomic E-state index is -0.566. The third-order valence-electron chi connectivity index (χ3n) is 5.28. The van der Waals surface area contributed by atoms with E-state index in [1.165, 1.54) is 16.7 Å². The van der Waals surface area contributed by atoms with Crippen LogP contribution in [0.1, 0.15) is 49.9 Å². The summed E-state index contributed by atoms with van der Waals surface area (Å²) >= 11 is 0. The zero-order chi connectivity index (χ0) is 21.0. The summed E-state index contributed by atoms with van der Waals surface area (Å²) in [6.45, 7) is 6.44. The van der Waals surface area contributed by atoms with Gasteiger partial charge in [0.15, 0.2) is 11.5 Å². The molecule has 3 rings (SSSR count). The molecule has 0 aliphatic carbocycles. The van der Waals surface area contributed by atoms with E-state index in [-0.39, 0.29) is 12.0 Å². The van der Waals surface area contributed by atoms with Gasteiger partial charge in [0.2, 0.25) is 0 Å². The van der Waals surface area contributed by atoms with Crippen LogP contribution < -0.4 is 19.5 Å². The predicted octanol–water partition coefficient (Wildman–Crippen LogP) is 4.47. The molecule has 1 N–H and O–H groups in total. The highest BCUT2D eigenvalue weighted by molar-refractivity contribution is 5.78. The van der Waals surface area contributed by atoms with Gasteiger partial charge in [0.05, 0.1) is 19.6 Å². The lowest BCUT2D eigenvalue weighted by Crippen LogP contribution is -2.30. The monoisotopic (exact) mass is 397 g/mol. The predicted molar refractivity (Wildman–Crippen MR) is 114 cm³/mol. The third kappa shape index (κ3) is 5.10. The molecular weight excluding hydrogens is 366 g/mol. The molecule has 1 aliphatic rings. The van der Waals surface area contributed by atoms with E-state index in [9.17, 15) is 4.79 Å². The topological polar surface area (TPSA) is 56.8 Å². The van der Waals surface area contributed by atoms with Crippen molar-refractivity contribution in [2.24, 2.45) is 5.41 Å². The van der Waals surface area contributed by atoms with Gasteiger partial charge in [-0.25, -0.2) is 0 Å². The Kier molecular flexibility index (Phi) is 6.48. The van der Waals surface area contributed by atoms with Gasteiger partial charge >= 0.3 is 5.97 Å². The summed E-state index contributed by atoms with van der Waals surface area (Å²) in [5.74, 6) is 1.71. The Morgan fingerprint density at radius 3 is 2.41 bits per heavy atom. The van der Waals surface area contributed by atoms with E-state index in [1.807, 2.05) is 45.0 Å². The van der Waals surface area contributed by atoms with Crippen molar-refractivity contribution in [1.29, 1.82) is 0 Å². The van der Waals surface area contributed by atoms with E-state index in [4.69, 9.17) is 14.2 Å². The summed E-state index contributed by atoms with van der Waals surface area (Å²) < 4.78 is 16.4. The average Bonchev–Trinajstić information content (AvgIpc) is 2.71. The fraction of sp³-hybridized carbons (Fsp3) is 0.458. The average molecular weight is 398 g/mol. The summed E-state index contributed by atoms with van der Waals surface area (Å²) in [7, 11) is 3.29. The van der Waals surface area contributed by atoms with Crippen molar-refractivity contribution in [3.63, 3.8) is 0 Å². The summed E-state index contributed by atoms with van der Waals surface area (Å²) in [4.78, 5) is 12.3. The highest BCUT2D eigenvalue weighted by Crippen LogP contribution is 2.37. The molecule has 0 aromatic heterocycles. The standard InChI is InChI=1S/C24H31NO4/c1-24(2,3)23(26)29-22-14-17-12-13-25-20(19(17)15-21(22)28-5)11-8-16-6-9-18(27-4)10-7-16/h6-7,9-10,14-15,20,25H,8,11-13H2,1-5H3/t20-/m0/s1. The molecule has 1 heterocycles. The number of carbonyl (C=O) groups excluding carboxylic acids is 1. The number of benzene rings is 2. The number of hydrogen-bond donors (Lipinski definition) is 1. The fourth-order valence-electron chi connectivity index (χ4n) is 3.50. The minimum Gasteiger partial charge on any atom is -0.497 e. The van der Waals surface area contributed by atoms with E-state index in [0.717, 1.165) is 31.6 Å². The zero-order valence-corrected chi connectivity index (χ0v) is 18.0. The first kappa shape index (κ1) is 21.2. The van der Waals surface area contributed by atoms with E-state index in [2.05, 4.69) is 17.4 Å². The van der Waals surface area contributed by atoms with Gasteiger partial charge < -0.3 is 19.5 Å². The highest BCUT2D eigenvalue weighted by Gasteiger charge is 2.27. The smallest absolute Gasteiger partial charge is 0.316 e. The first-order valence-electron chi connectivity index (χ1n) is 10.1. The van der Waals surface area contributed by atoms with Crippen LogP contribution in [0.4, 0.5) is 0 Å². The summed E-state index contributed by atoms with van der Waals surface area (Å²) in [5.41, 5.74) is 3.14. The molecule has 5 heteroatoms. The van der Waals surface area contributed by atoms with Crippen LogP contribution in [0.3, 0.4) is 0 Å². The first-order valence-corrected chi connectivity index (χ1v) is 10.1. The second kappa shape index (κ2) is 8.87. The van der Waals surface area contributed by atoms with Gasteiger partial charge in [0.25, 0.3) is 0 Å². The van der Waals surface area contributed by atoms with Crippen LogP contribution in [0.5, 0.6) is 17.2 Å². The van der Waals surface area contributed by atoms with Crippen LogP contribution >= 0.6 is 0 Å². The molecule has 2 aromatic carbocycles. The van der Waals surface area contributed by atoms with Crippen LogP contribution in [0.2, 0.25) is 0 Å². The Balaban J connectivity index is 1.78. The molecule has 0 fully saturated rings. The van der Waals surface area contributed by atoms with Crippen LogP contribution in [-0.2, 0) is 17.6 Å². The SMILES string of the molecule is COc1ccc(CC[C@@H]2NCCc3cc(OC(=O)C(C)(C)C)c(OC)cc32)cc1. The lowest BCUT2D eigenvalue weighted by Gasteiger charge is -2.28. The summed E-state index contributed by atoms with van der Waals surface area (Å²) in [5, 5.41) is 3.62. The lowest BCUT2D eigenvalue weighted by atomic mass is 9.90. The van der Waals surface area contributed by atoms with Gasteiger partial charge in [0, 0.05) is 6.04 Å². The number of esters is 1. The molecule has 0 saturated heterocycles. The van der Waals surface area contributed by atoms with E-state index >= 15 is 0 Å². The zero-order valence-electron chi connectivity index (χ0n) is 18.0. The molecule has 0 bridgehead atoms. The van der Waals surface area contributed by atoms with Crippen LogP contribution in [-0.4, -0.2) is 26.7 Å². The number of hydrogen-bond acceptors (Lipinski definition) is 5. The molecule has 5 nitrogen and oxygen atoms in total. The molecule has 1 aliphatic heterocycles. The Morgan fingerprint density at radius 1 is 1.07 bits per heavy atom. The van der Waals surface area contributed by atoms with Gasteiger partial charge in [-0.2, -0.15) is 0 Å². The third-order valence-corrected chi connectivity index (χ3v) is 5.28. The van der Waals surface area contributed by atoms with E-state index in [0.29, 0.717) is 11.5 Å². The summed E-state index contributed by atoms with van der Waals surface area (Å²) in [6, 6.07) is 12.4. The van der Waals surface area contributed by atoms with Crippen molar-refractivity contribution in [1.82, 2.24) is 5.32 Å². The van der Waals surface area contributed by atoms with Gasteiger partial charge in [-0.3, -0.25) is 4.79 Å². The van der Waals surface area contributed by atoms with Crippen molar-refractivity contribution in [2.75, 3.05) is 20.8 Å². The number of ether oxygens (including phenoxy) is 3. The quantitative estimate of drug-likeness (QED) is 0.575. The van der Waals surface area contributed by atoms with Crippen LogP contribution in [0.15, 0.2) is 36.4 Å². The summed E-state index contributed by atoms with van der Waals surface area (Å²) in [6.07, 6.45) is 2.84. The number of aryl methyl sites for hydroxylation is 1. The van der Waals surface area contributed by atoms with Crippen LogP contribution in [0, 0.1) is 5.41 Å². The number of nitrogens with one attached hydrogen (secondary N) is 1. The minimum absolute atomic E-state index is 0.238. The second-order valence-electron chi connectivity index (χ2n) is 8.48. The molecule has 1 atom stereocenters. The Morgan fingerprint density at radius 2 is 1.79 bits per heavy atom. The van der Waals surface area contributed by atoms with Gasteiger partial charge in [-0.1, -0.05) is 12.1 Å². The number of fused-ring (bicyclic) bond motifs is 1. The van der Waals surface area contributed by atoms with Crippen molar-refractivity contribution >= 4 is 5.97 Å². The van der Waals surface area contributed by atoms with Crippen molar-refractivity contribution < 1.29 is 19.0 Å². The molecule has 156 valence electrons. The van der Waals surface area contributed by atoms with Gasteiger partial charge in [-0.15, -0.1) is 0 Å². The van der Waals surface area contributed by atoms with Crippen molar-refractivity contribution in [3.8, 4) is 17.2 Å². The Bertz CT molecular complexity index is 852. The molecule has 2 aromatic rings. The van der Waals surface area contributed by atoms with Gasteiger partial charge in [0.1, 0.15) is 5.75 Å². The fourth-order valence-corrected chi connectivity index (χ4v) is 3.50. The van der Waals surface area contributed by atoms with E-state index in [1.54, 1.807) is 14.2 Å². The second-order valence-corrected chi connectivity index (χ2v) is 8.48. The Hall–Kier alpha value is -2.53. The normalized spacial score (nSPS) is 16.1. The van der Waals surface area contributed by atoms with Crippen LogP contribution in [0.25, 0.3) is 0 Å². The number of rotatable bonds is 6. The molecule has 0 saturated carbocycles. The Labute approximate surface area is 173 Å². The lowest BCUT2D eigenvalue weighted by molar-refractivity contribution is -0.143. The highest BCUT2D eigenvalue weighted by atomic mass is 16.6. The van der Waals surface area contributed by atoms with E-state index < -0.39 is 5.41 Å². The molecule has 0 spiro atoms. The number of methoxy groups -OCH3 is 2. The maximum atomic E-state index is 12.3. The molecule has 0 unspecified atom stereocenters. The van der Waals surface area contributed by atoms with Crippen molar-refractivity contribution in [3.05, 3.63) is 53.1 Å². The maximum Gasteiger partial charge on any atom is 0.316 e. The molecule has 29 heavy (non-hydrogen) atoms. The first-order chi connectivity index (χ1) is 13.8. The maximum absolute atomic E-state index is 12.3. The number of carbonyl (C=O) groups is 1. The molecular formula is C24H31NO4. The molecule has 0 amide bonds. The molecule has 0 radical (unpaired) electrons. The van der Waals surface area contributed by atoms with Gasteiger partial charge in [-0.05, 0) is 87.5 Å².